The third-order valence-electron chi connectivity index (χ3n) is 2.93. The van der Waals surface area contributed by atoms with Crippen LogP contribution in [0.3, 0.4) is 0 Å². The monoisotopic (exact) mass is 308 g/mol. The molecule has 0 saturated carbocycles. The summed E-state index contributed by atoms with van der Waals surface area (Å²) in [5.74, 6) is -0.145. The highest BCUT2D eigenvalue weighted by Gasteiger charge is 2.13. The summed E-state index contributed by atoms with van der Waals surface area (Å²) in [6.45, 7) is 6.35. The van der Waals surface area contributed by atoms with E-state index >= 15 is 0 Å². The second-order valence-corrected chi connectivity index (χ2v) is 5.57. The second-order valence-electron chi connectivity index (χ2n) is 5.16. The molecule has 2 aromatic rings. The van der Waals surface area contributed by atoms with E-state index in [9.17, 15) is 4.39 Å². The van der Waals surface area contributed by atoms with Gasteiger partial charge in [-0.25, -0.2) is 9.37 Å². The van der Waals surface area contributed by atoms with Gasteiger partial charge in [0.1, 0.15) is 5.75 Å². The highest BCUT2D eigenvalue weighted by atomic mass is 35.5. The van der Waals surface area contributed by atoms with Gasteiger partial charge >= 0.3 is 0 Å². The molecule has 1 N–H and O–H groups in total. The highest BCUT2D eigenvalue weighted by molar-refractivity contribution is 6.32. The van der Waals surface area contributed by atoms with Gasteiger partial charge in [0.2, 0.25) is 0 Å². The summed E-state index contributed by atoms with van der Waals surface area (Å²) in [6, 6.07) is 7.22. The number of nitrogens with one attached hydrogen (secondary N) is 1. The molecule has 0 atom stereocenters. The summed E-state index contributed by atoms with van der Waals surface area (Å²) >= 11 is 6.09. The third-order valence-corrected chi connectivity index (χ3v) is 3.23. The maximum absolute atomic E-state index is 14.3. The zero-order valence-corrected chi connectivity index (χ0v) is 13.0. The number of rotatable bonds is 5. The molecular weight excluding hydrogens is 291 g/mol. The lowest BCUT2D eigenvalue weighted by Gasteiger charge is -2.12. The van der Waals surface area contributed by atoms with Crippen LogP contribution in [0.4, 0.5) is 4.39 Å². The molecule has 0 spiro atoms. The summed E-state index contributed by atoms with van der Waals surface area (Å²) < 4.78 is 19.8. The van der Waals surface area contributed by atoms with Crippen LogP contribution < -0.4 is 10.1 Å². The molecule has 0 bridgehead atoms. The van der Waals surface area contributed by atoms with Crippen LogP contribution in [0.15, 0.2) is 30.5 Å². The van der Waals surface area contributed by atoms with Crippen molar-refractivity contribution in [1.82, 2.24) is 10.3 Å². The number of hydrogen-bond donors (Lipinski definition) is 1. The standard InChI is InChI=1S/C16H18ClFN2O/c1-10(2)20-9-12-6-7-19-16(15(12)18)21-14-5-4-11(3)8-13(14)17/h4-8,10,20H,9H2,1-3H3. The number of aryl methyl sites for hydroxylation is 1. The molecule has 1 aromatic heterocycles. The van der Waals surface area contributed by atoms with Gasteiger partial charge in [0.15, 0.2) is 5.82 Å². The molecule has 2 rings (SSSR count). The fraction of sp³-hybridized carbons (Fsp3) is 0.312. The molecule has 112 valence electrons. The second kappa shape index (κ2) is 6.87. The SMILES string of the molecule is Cc1ccc(Oc2nccc(CNC(C)C)c2F)c(Cl)c1. The molecule has 0 saturated heterocycles. The number of halogens is 2. The average molecular weight is 309 g/mol. The van der Waals surface area contributed by atoms with Gasteiger partial charge in [-0.15, -0.1) is 0 Å². The lowest BCUT2D eigenvalue weighted by Crippen LogP contribution is -2.22. The zero-order chi connectivity index (χ0) is 15.4. The topological polar surface area (TPSA) is 34.1 Å². The van der Waals surface area contributed by atoms with Gasteiger partial charge in [-0.1, -0.05) is 31.5 Å². The first kappa shape index (κ1) is 15.7. The van der Waals surface area contributed by atoms with Crippen molar-refractivity contribution in [1.29, 1.82) is 0 Å². The fourth-order valence-electron chi connectivity index (χ4n) is 1.78. The van der Waals surface area contributed by atoms with Crippen molar-refractivity contribution in [3.8, 4) is 11.6 Å². The van der Waals surface area contributed by atoms with Crippen LogP contribution in [-0.2, 0) is 6.54 Å². The molecule has 3 nitrogen and oxygen atoms in total. The van der Waals surface area contributed by atoms with Crippen molar-refractivity contribution < 1.29 is 9.13 Å². The van der Waals surface area contributed by atoms with Gasteiger partial charge in [-0.05, 0) is 30.7 Å². The molecule has 0 aliphatic rings. The Morgan fingerprint density at radius 3 is 2.76 bits per heavy atom. The van der Waals surface area contributed by atoms with Crippen LogP contribution in [0.25, 0.3) is 0 Å². The van der Waals surface area contributed by atoms with Crippen LogP contribution in [0.5, 0.6) is 11.6 Å². The Morgan fingerprint density at radius 2 is 2.10 bits per heavy atom. The molecule has 0 fully saturated rings. The quantitative estimate of drug-likeness (QED) is 0.884. The summed E-state index contributed by atoms with van der Waals surface area (Å²) in [5, 5.41) is 3.60. The maximum Gasteiger partial charge on any atom is 0.256 e. The number of aromatic nitrogens is 1. The number of benzene rings is 1. The minimum Gasteiger partial charge on any atom is -0.435 e. The van der Waals surface area contributed by atoms with E-state index in [0.717, 1.165) is 5.56 Å². The minimum atomic E-state index is -0.470. The van der Waals surface area contributed by atoms with E-state index in [1.54, 1.807) is 18.2 Å². The first-order valence-electron chi connectivity index (χ1n) is 6.78. The van der Waals surface area contributed by atoms with E-state index in [2.05, 4.69) is 10.3 Å². The normalized spacial score (nSPS) is 11.0. The minimum absolute atomic E-state index is 0.0659. The largest absolute Gasteiger partial charge is 0.435 e. The molecule has 0 amide bonds. The first-order chi connectivity index (χ1) is 9.97. The van der Waals surface area contributed by atoms with Gasteiger partial charge in [0.05, 0.1) is 5.02 Å². The smallest absolute Gasteiger partial charge is 0.256 e. The van der Waals surface area contributed by atoms with Crippen molar-refractivity contribution in [2.75, 3.05) is 0 Å². The van der Waals surface area contributed by atoms with E-state index in [4.69, 9.17) is 16.3 Å². The lowest BCUT2D eigenvalue weighted by atomic mass is 10.2. The van der Waals surface area contributed by atoms with Gasteiger partial charge in [0, 0.05) is 24.3 Å². The summed E-state index contributed by atoms with van der Waals surface area (Å²) in [6.07, 6.45) is 1.53. The van der Waals surface area contributed by atoms with Crippen molar-refractivity contribution in [2.24, 2.45) is 0 Å². The van der Waals surface area contributed by atoms with Crippen LogP contribution in [-0.4, -0.2) is 11.0 Å². The summed E-state index contributed by atoms with van der Waals surface area (Å²) in [7, 11) is 0. The van der Waals surface area contributed by atoms with Crippen LogP contribution in [0.2, 0.25) is 5.02 Å². The number of nitrogens with zero attached hydrogens (tertiary/aromatic N) is 1. The fourth-order valence-corrected chi connectivity index (χ4v) is 2.05. The molecule has 5 heteroatoms. The van der Waals surface area contributed by atoms with Gasteiger partial charge in [-0.2, -0.15) is 0 Å². The summed E-state index contributed by atoms with van der Waals surface area (Å²) in [5.41, 5.74) is 1.52. The molecule has 1 heterocycles. The highest BCUT2D eigenvalue weighted by Crippen LogP contribution is 2.30. The molecule has 1 aromatic carbocycles. The van der Waals surface area contributed by atoms with Gasteiger partial charge in [-0.3, -0.25) is 0 Å². The molecule has 21 heavy (non-hydrogen) atoms. The number of ether oxygens (including phenoxy) is 1. The molecule has 0 aliphatic carbocycles. The Balaban J connectivity index is 2.22. The van der Waals surface area contributed by atoms with Crippen LogP contribution >= 0.6 is 11.6 Å². The molecule has 0 radical (unpaired) electrons. The van der Waals surface area contributed by atoms with Crippen molar-refractivity contribution in [2.45, 2.75) is 33.4 Å². The lowest BCUT2D eigenvalue weighted by molar-refractivity contribution is 0.416. The van der Waals surface area contributed by atoms with Crippen molar-refractivity contribution in [3.63, 3.8) is 0 Å². The Kier molecular flexibility index (Phi) is 5.15. The van der Waals surface area contributed by atoms with Crippen LogP contribution in [0, 0.1) is 12.7 Å². The number of pyridine rings is 1. The van der Waals surface area contributed by atoms with Crippen molar-refractivity contribution >= 4 is 11.6 Å². The van der Waals surface area contributed by atoms with Gasteiger partial charge in [0.25, 0.3) is 5.88 Å². The Labute approximate surface area is 129 Å². The molecule has 0 aliphatic heterocycles. The predicted octanol–water partition coefficient (Wildman–Crippen LogP) is 4.47. The van der Waals surface area contributed by atoms with E-state index in [-0.39, 0.29) is 11.9 Å². The number of hydrogen-bond acceptors (Lipinski definition) is 3. The maximum atomic E-state index is 14.3. The Morgan fingerprint density at radius 1 is 1.33 bits per heavy atom. The van der Waals surface area contributed by atoms with E-state index in [1.807, 2.05) is 26.8 Å². The average Bonchev–Trinajstić information content (AvgIpc) is 2.42. The molecule has 0 unspecified atom stereocenters. The zero-order valence-electron chi connectivity index (χ0n) is 12.3. The molecular formula is C16H18ClFN2O. The van der Waals surface area contributed by atoms with E-state index in [1.165, 1.54) is 6.20 Å². The van der Waals surface area contributed by atoms with Crippen molar-refractivity contribution in [3.05, 3.63) is 52.4 Å². The Bertz CT molecular complexity index is 632. The first-order valence-corrected chi connectivity index (χ1v) is 7.16. The predicted molar refractivity (Wildman–Crippen MR) is 82.4 cm³/mol. The Hall–Kier alpha value is -1.65. The van der Waals surface area contributed by atoms with Crippen LogP contribution in [0.1, 0.15) is 25.0 Å². The third kappa shape index (κ3) is 4.16. The van der Waals surface area contributed by atoms with Gasteiger partial charge < -0.3 is 10.1 Å². The van der Waals surface area contributed by atoms with E-state index in [0.29, 0.717) is 22.9 Å². The van der Waals surface area contributed by atoms with E-state index < -0.39 is 5.82 Å². The summed E-state index contributed by atoms with van der Waals surface area (Å²) in [4.78, 5) is 3.94.